The average Bonchev–Trinajstić information content (AvgIpc) is 2.53. The van der Waals surface area contributed by atoms with Gasteiger partial charge in [-0.05, 0) is 18.9 Å². The van der Waals surface area contributed by atoms with Crippen LogP contribution in [-0.4, -0.2) is 30.7 Å². The Bertz CT molecular complexity index is 413. The smallest absolute Gasteiger partial charge is 0.240 e. The Labute approximate surface area is 128 Å². The van der Waals surface area contributed by atoms with Crippen LogP contribution in [0.3, 0.4) is 0 Å². The summed E-state index contributed by atoms with van der Waals surface area (Å²) < 4.78 is 10.5. The molecule has 1 N–H and O–H groups in total. The van der Waals surface area contributed by atoms with Crippen LogP contribution in [-0.2, 0) is 0 Å². The Morgan fingerprint density at radius 3 is 2.48 bits per heavy atom. The number of ether oxygens (including phenoxy) is 2. The van der Waals surface area contributed by atoms with E-state index in [1.54, 1.807) is 20.4 Å². The molecule has 120 valence electrons. The van der Waals surface area contributed by atoms with Crippen LogP contribution >= 0.6 is 0 Å². The molecule has 1 aromatic heterocycles. The van der Waals surface area contributed by atoms with Crippen molar-refractivity contribution in [1.29, 1.82) is 0 Å². The fraction of sp³-hybridized carbons (Fsp3) is 0.750. The fourth-order valence-electron chi connectivity index (χ4n) is 2.61. The summed E-state index contributed by atoms with van der Waals surface area (Å²) in [5.74, 6) is 1.56. The molecule has 0 amide bonds. The van der Waals surface area contributed by atoms with Gasteiger partial charge in [0.15, 0.2) is 0 Å². The number of nitrogens with zero attached hydrogens (tertiary/aromatic N) is 2. The number of methoxy groups -OCH3 is 2. The van der Waals surface area contributed by atoms with Gasteiger partial charge in [0.05, 0.1) is 26.5 Å². The van der Waals surface area contributed by atoms with Crippen molar-refractivity contribution in [1.82, 2.24) is 15.3 Å². The minimum absolute atomic E-state index is 0.167. The largest absolute Gasteiger partial charge is 0.480 e. The zero-order chi connectivity index (χ0) is 15.7. The predicted molar refractivity (Wildman–Crippen MR) is 84.9 cm³/mol. The van der Waals surface area contributed by atoms with Crippen molar-refractivity contribution in [3.8, 4) is 11.8 Å². The number of unbranched alkanes of at least 4 members (excludes halogenated alkanes) is 1. The minimum Gasteiger partial charge on any atom is -0.480 e. The highest BCUT2D eigenvalue weighted by molar-refractivity contribution is 5.26. The van der Waals surface area contributed by atoms with Gasteiger partial charge in [-0.25, -0.2) is 4.98 Å². The number of hydrogen-bond donors (Lipinski definition) is 1. The third-order valence-electron chi connectivity index (χ3n) is 3.79. The molecule has 0 aliphatic carbocycles. The van der Waals surface area contributed by atoms with E-state index >= 15 is 0 Å². The van der Waals surface area contributed by atoms with Crippen LogP contribution in [0.25, 0.3) is 0 Å². The first-order valence-corrected chi connectivity index (χ1v) is 7.89. The van der Waals surface area contributed by atoms with E-state index in [0.717, 1.165) is 18.7 Å². The van der Waals surface area contributed by atoms with E-state index in [2.05, 4.69) is 36.1 Å². The number of hydrogen-bond acceptors (Lipinski definition) is 5. The monoisotopic (exact) mass is 295 g/mol. The second-order valence-corrected chi connectivity index (χ2v) is 5.15. The standard InChI is InChI=1S/C16H29N3O2/c1-6-9-10-12(7-2)14(17-8-3)15-16(21-5)19-13(20-4)11-18-15/h11-12,14,17H,6-10H2,1-5H3. The highest BCUT2D eigenvalue weighted by Crippen LogP contribution is 2.32. The van der Waals surface area contributed by atoms with Crippen molar-refractivity contribution < 1.29 is 9.47 Å². The molecule has 5 nitrogen and oxygen atoms in total. The highest BCUT2D eigenvalue weighted by atomic mass is 16.5. The highest BCUT2D eigenvalue weighted by Gasteiger charge is 2.26. The van der Waals surface area contributed by atoms with Gasteiger partial charge in [-0.1, -0.05) is 40.0 Å². The van der Waals surface area contributed by atoms with Crippen LogP contribution < -0.4 is 14.8 Å². The van der Waals surface area contributed by atoms with E-state index in [4.69, 9.17) is 9.47 Å². The van der Waals surface area contributed by atoms with Crippen molar-refractivity contribution in [3.63, 3.8) is 0 Å². The van der Waals surface area contributed by atoms with Crippen molar-refractivity contribution in [2.75, 3.05) is 20.8 Å². The number of nitrogens with one attached hydrogen (secondary N) is 1. The first-order valence-electron chi connectivity index (χ1n) is 7.89. The minimum atomic E-state index is 0.167. The topological polar surface area (TPSA) is 56.3 Å². The van der Waals surface area contributed by atoms with Gasteiger partial charge in [0.25, 0.3) is 0 Å². The van der Waals surface area contributed by atoms with E-state index in [0.29, 0.717) is 17.7 Å². The SMILES string of the molecule is CCCCC(CC)C(NCC)c1ncc(OC)nc1OC. The normalized spacial score (nSPS) is 13.8. The summed E-state index contributed by atoms with van der Waals surface area (Å²) in [6, 6.07) is 0.167. The summed E-state index contributed by atoms with van der Waals surface area (Å²) in [7, 11) is 3.21. The summed E-state index contributed by atoms with van der Waals surface area (Å²) in [5, 5.41) is 3.55. The summed E-state index contributed by atoms with van der Waals surface area (Å²) in [6.45, 7) is 7.46. The average molecular weight is 295 g/mol. The molecule has 2 unspecified atom stereocenters. The van der Waals surface area contributed by atoms with E-state index < -0.39 is 0 Å². The zero-order valence-corrected chi connectivity index (χ0v) is 14.0. The molecule has 5 heteroatoms. The molecular weight excluding hydrogens is 266 g/mol. The molecule has 0 spiro atoms. The molecule has 2 atom stereocenters. The predicted octanol–water partition coefficient (Wildman–Crippen LogP) is 3.36. The lowest BCUT2D eigenvalue weighted by atomic mass is 9.89. The van der Waals surface area contributed by atoms with E-state index in [1.807, 2.05) is 0 Å². The van der Waals surface area contributed by atoms with Crippen LogP contribution in [0, 0.1) is 5.92 Å². The lowest BCUT2D eigenvalue weighted by Crippen LogP contribution is -2.29. The molecule has 0 fully saturated rings. The molecule has 0 aliphatic rings. The molecule has 21 heavy (non-hydrogen) atoms. The van der Waals surface area contributed by atoms with Gasteiger partial charge in [-0.2, -0.15) is 4.98 Å². The van der Waals surface area contributed by atoms with Crippen LogP contribution in [0.1, 0.15) is 58.2 Å². The third kappa shape index (κ3) is 4.84. The molecule has 0 aromatic carbocycles. The van der Waals surface area contributed by atoms with Gasteiger partial charge in [-0.3, -0.25) is 0 Å². The Morgan fingerprint density at radius 2 is 1.95 bits per heavy atom. The molecule has 0 aliphatic heterocycles. The van der Waals surface area contributed by atoms with Gasteiger partial charge in [0, 0.05) is 0 Å². The van der Waals surface area contributed by atoms with Gasteiger partial charge in [0.1, 0.15) is 5.69 Å². The maximum Gasteiger partial charge on any atom is 0.240 e. The summed E-state index contributed by atoms with van der Waals surface area (Å²) in [6.07, 6.45) is 6.39. The number of rotatable bonds is 10. The van der Waals surface area contributed by atoms with E-state index in [-0.39, 0.29) is 6.04 Å². The Hall–Kier alpha value is -1.36. The van der Waals surface area contributed by atoms with Crippen molar-refractivity contribution in [2.45, 2.75) is 52.5 Å². The third-order valence-corrected chi connectivity index (χ3v) is 3.79. The maximum atomic E-state index is 5.42. The molecule has 1 aromatic rings. The Kier molecular flexibility index (Phi) is 8.05. The molecule has 0 saturated heterocycles. The van der Waals surface area contributed by atoms with Crippen LogP contribution in [0.15, 0.2) is 6.20 Å². The molecule has 0 radical (unpaired) electrons. The lowest BCUT2D eigenvalue weighted by Gasteiger charge is -2.27. The summed E-state index contributed by atoms with van der Waals surface area (Å²) in [4.78, 5) is 8.90. The first kappa shape index (κ1) is 17.7. The quantitative estimate of drug-likeness (QED) is 0.717. The second-order valence-electron chi connectivity index (χ2n) is 5.15. The van der Waals surface area contributed by atoms with E-state index in [1.165, 1.54) is 19.3 Å². The van der Waals surface area contributed by atoms with Crippen molar-refractivity contribution >= 4 is 0 Å². The molecule has 1 rings (SSSR count). The summed E-state index contributed by atoms with van der Waals surface area (Å²) in [5.41, 5.74) is 0.878. The Morgan fingerprint density at radius 1 is 1.19 bits per heavy atom. The molecule has 0 bridgehead atoms. The Balaban J connectivity index is 3.07. The van der Waals surface area contributed by atoms with Gasteiger partial charge >= 0.3 is 0 Å². The second kappa shape index (κ2) is 9.55. The van der Waals surface area contributed by atoms with Gasteiger partial charge in [0.2, 0.25) is 11.8 Å². The molecular formula is C16H29N3O2. The summed E-state index contributed by atoms with van der Waals surface area (Å²) >= 11 is 0. The maximum absolute atomic E-state index is 5.42. The molecule has 1 heterocycles. The van der Waals surface area contributed by atoms with Gasteiger partial charge in [-0.15, -0.1) is 0 Å². The van der Waals surface area contributed by atoms with E-state index in [9.17, 15) is 0 Å². The van der Waals surface area contributed by atoms with Crippen molar-refractivity contribution in [3.05, 3.63) is 11.9 Å². The van der Waals surface area contributed by atoms with Crippen LogP contribution in [0.4, 0.5) is 0 Å². The fourth-order valence-corrected chi connectivity index (χ4v) is 2.61. The first-order chi connectivity index (χ1) is 10.2. The van der Waals surface area contributed by atoms with Gasteiger partial charge < -0.3 is 14.8 Å². The molecule has 0 saturated carbocycles. The lowest BCUT2D eigenvalue weighted by molar-refractivity contribution is 0.299. The van der Waals surface area contributed by atoms with Crippen LogP contribution in [0.5, 0.6) is 11.8 Å². The van der Waals surface area contributed by atoms with Crippen molar-refractivity contribution in [2.24, 2.45) is 5.92 Å². The van der Waals surface area contributed by atoms with Crippen LogP contribution in [0.2, 0.25) is 0 Å². The zero-order valence-electron chi connectivity index (χ0n) is 14.0. The number of aromatic nitrogens is 2.